The molecule has 0 spiro atoms. The summed E-state index contributed by atoms with van der Waals surface area (Å²) in [7, 11) is 0. The van der Waals surface area contributed by atoms with Gasteiger partial charge in [-0.25, -0.2) is 0 Å². The van der Waals surface area contributed by atoms with Gasteiger partial charge in [0, 0.05) is 29.9 Å². The lowest BCUT2D eigenvalue weighted by molar-refractivity contribution is -0.124. The maximum Gasteiger partial charge on any atom is 0.222 e. The van der Waals surface area contributed by atoms with Gasteiger partial charge in [-0.1, -0.05) is 19.9 Å². The monoisotopic (exact) mass is 318 g/mol. The predicted octanol–water partition coefficient (Wildman–Crippen LogP) is 1.94. The molecule has 1 aliphatic heterocycles. The minimum Gasteiger partial charge on any atom is -0.375 e. The zero-order valence-electron chi connectivity index (χ0n) is 12.0. The second kappa shape index (κ2) is 7.98. The third-order valence-electron chi connectivity index (χ3n) is 3.33. The van der Waals surface area contributed by atoms with Crippen LogP contribution < -0.4 is 10.6 Å². The third kappa shape index (κ3) is 5.05. The van der Waals surface area contributed by atoms with Crippen molar-refractivity contribution in [3.05, 3.63) is 22.4 Å². The van der Waals surface area contributed by atoms with Gasteiger partial charge >= 0.3 is 0 Å². The molecule has 1 amide bonds. The molecule has 4 nitrogen and oxygen atoms in total. The Kier molecular flexibility index (Phi) is 6.95. The number of hydrogen-bond donors (Lipinski definition) is 2. The molecule has 1 unspecified atom stereocenters. The highest BCUT2D eigenvalue weighted by Crippen LogP contribution is 2.26. The topological polar surface area (TPSA) is 50.4 Å². The van der Waals surface area contributed by atoms with Gasteiger partial charge in [-0.3, -0.25) is 4.79 Å². The normalized spacial score (nSPS) is 19.2. The van der Waals surface area contributed by atoms with Gasteiger partial charge in [-0.05, 0) is 11.4 Å². The highest BCUT2D eigenvalue weighted by molar-refractivity contribution is 7.10. The first-order valence-corrected chi connectivity index (χ1v) is 7.59. The Labute approximate surface area is 130 Å². The van der Waals surface area contributed by atoms with Crippen molar-refractivity contribution in [1.29, 1.82) is 0 Å². The first-order valence-electron chi connectivity index (χ1n) is 6.71. The van der Waals surface area contributed by atoms with E-state index in [2.05, 4.69) is 35.9 Å². The zero-order valence-corrected chi connectivity index (χ0v) is 13.6. The number of rotatable bonds is 5. The molecule has 1 atom stereocenters. The molecule has 0 aliphatic carbocycles. The maximum atomic E-state index is 11.9. The summed E-state index contributed by atoms with van der Waals surface area (Å²) >= 11 is 1.73. The van der Waals surface area contributed by atoms with Gasteiger partial charge in [-0.15, -0.1) is 23.7 Å². The number of halogens is 1. The fourth-order valence-corrected chi connectivity index (χ4v) is 2.95. The Morgan fingerprint density at radius 2 is 2.40 bits per heavy atom. The van der Waals surface area contributed by atoms with Gasteiger partial charge in [0.05, 0.1) is 19.1 Å². The lowest BCUT2D eigenvalue weighted by Gasteiger charge is -2.26. The molecule has 2 N–H and O–H groups in total. The van der Waals surface area contributed by atoms with Crippen LogP contribution in [0.25, 0.3) is 0 Å². The van der Waals surface area contributed by atoms with Crippen LogP contribution >= 0.6 is 23.7 Å². The van der Waals surface area contributed by atoms with Crippen LogP contribution in [0, 0.1) is 0 Å². The van der Waals surface area contributed by atoms with Crippen molar-refractivity contribution in [1.82, 2.24) is 10.6 Å². The number of thiophene rings is 1. The summed E-state index contributed by atoms with van der Waals surface area (Å²) in [5.41, 5.74) is -0.0184. The molecule has 1 aromatic rings. The number of ether oxygens (including phenoxy) is 1. The molecule has 1 aliphatic rings. The Hall–Kier alpha value is -0.620. The fraction of sp³-hybridized carbons (Fsp3) is 0.643. The Balaban J connectivity index is 0.00000200. The maximum absolute atomic E-state index is 11.9. The average Bonchev–Trinajstić information content (AvgIpc) is 2.92. The molecular weight excluding hydrogens is 296 g/mol. The smallest absolute Gasteiger partial charge is 0.222 e. The quantitative estimate of drug-likeness (QED) is 0.872. The zero-order chi connectivity index (χ0) is 13.7. The van der Waals surface area contributed by atoms with Crippen LogP contribution in [0.4, 0.5) is 0 Å². The molecule has 114 valence electrons. The molecule has 2 heterocycles. The predicted molar refractivity (Wildman–Crippen MR) is 84.8 cm³/mol. The Bertz CT molecular complexity index is 403. The van der Waals surface area contributed by atoms with Gasteiger partial charge < -0.3 is 15.4 Å². The summed E-state index contributed by atoms with van der Waals surface area (Å²) in [5.74, 6) is 0.0679. The molecule has 1 fully saturated rings. The van der Waals surface area contributed by atoms with E-state index in [-0.39, 0.29) is 29.8 Å². The number of hydrogen-bond acceptors (Lipinski definition) is 4. The van der Waals surface area contributed by atoms with E-state index in [1.807, 2.05) is 6.07 Å². The molecule has 0 saturated carbocycles. The summed E-state index contributed by atoms with van der Waals surface area (Å²) in [6.45, 7) is 7.30. The largest absolute Gasteiger partial charge is 0.375 e. The van der Waals surface area contributed by atoms with Crippen LogP contribution in [0.2, 0.25) is 0 Å². The molecule has 20 heavy (non-hydrogen) atoms. The number of nitrogens with one attached hydrogen (secondary N) is 2. The molecule has 0 bridgehead atoms. The summed E-state index contributed by atoms with van der Waals surface area (Å²) in [6.07, 6.45) is 0.451. The van der Waals surface area contributed by atoms with Crippen molar-refractivity contribution < 1.29 is 9.53 Å². The Morgan fingerprint density at radius 3 is 3.00 bits per heavy atom. The van der Waals surface area contributed by atoms with Crippen molar-refractivity contribution in [2.45, 2.75) is 31.8 Å². The van der Waals surface area contributed by atoms with Crippen LogP contribution in [0.3, 0.4) is 0 Å². The summed E-state index contributed by atoms with van der Waals surface area (Å²) < 4.78 is 5.53. The highest BCUT2D eigenvalue weighted by Gasteiger charge is 2.23. The SMILES string of the molecule is CC(C)(CNC(=O)CC1CNCCO1)c1cccs1.Cl. The lowest BCUT2D eigenvalue weighted by atomic mass is 9.91. The molecular formula is C14H23ClN2O2S. The van der Waals surface area contributed by atoms with Crippen molar-refractivity contribution in [2.24, 2.45) is 0 Å². The molecule has 1 aromatic heterocycles. The first-order chi connectivity index (χ1) is 9.08. The first kappa shape index (κ1) is 17.4. The van der Waals surface area contributed by atoms with Gasteiger partial charge in [0.2, 0.25) is 5.91 Å². The van der Waals surface area contributed by atoms with E-state index in [0.717, 1.165) is 13.1 Å². The van der Waals surface area contributed by atoms with Crippen LogP contribution in [0.5, 0.6) is 0 Å². The van der Waals surface area contributed by atoms with E-state index in [1.165, 1.54) is 4.88 Å². The van der Waals surface area contributed by atoms with Crippen LogP contribution in [0.1, 0.15) is 25.1 Å². The third-order valence-corrected chi connectivity index (χ3v) is 4.57. The second-order valence-corrected chi connectivity index (χ2v) is 6.49. The number of amides is 1. The van der Waals surface area contributed by atoms with Gasteiger partial charge in [0.15, 0.2) is 0 Å². The molecule has 0 radical (unpaired) electrons. The van der Waals surface area contributed by atoms with E-state index in [1.54, 1.807) is 11.3 Å². The van der Waals surface area contributed by atoms with Gasteiger partial charge in [0.25, 0.3) is 0 Å². The molecule has 6 heteroatoms. The van der Waals surface area contributed by atoms with Crippen LogP contribution in [-0.2, 0) is 14.9 Å². The minimum atomic E-state index is -0.0184. The van der Waals surface area contributed by atoms with E-state index in [0.29, 0.717) is 19.6 Å². The Morgan fingerprint density at radius 1 is 1.60 bits per heavy atom. The van der Waals surface area contributed by atoms with Crippen LogP contribution in [0.15, 0.2) is 17.5 Å². The van der Waals surface area contributed by atoms with E-state index in [9.17, 15) is 4.79 Å². The highest BCUT2D eigenvalue weighted by atomic mass is 35.5. The summed E-state index contributed by atoms with van der Waals surface area (Å²) in [4.78, 5) is 13.2. The number of morpholine rings is 1. The summed E-state index contributed by atoms with van der Waals surface area (Å²) in [5, 5.41) is 8.32. The van der Waals surface area contributed by atoms with E-state index < -0.39 is 0 Å². The van der Waals surface area contributed by atoms with Crippen molar-refractivity contribution in [3.8, 4) is 0 Å². The van der Waals surface area contributed by atoms with Crippen LogP contribution in [-0.4, -0.2) is 38.3 Å². The standard InChI is InChI=1S/C14H22N2O2S.ClH/c1-14(2,12-4-3-7-19-12)10-16-13(17)8-11-9-15-5-6-18-11;/h3-4,7,11,15H,5-6,8-10H2,1-2H3,(H,16,17);1H. The molecule has 2 rings (SSSR count). The van der Waals surface area contributed by atoms with Gasteiger partial charge in [0.1, 0.15) is 0 Å². The van der Waals surface area contributed by atoms with E-state index in [4.69, 9.17) is 4.74 Å². The lowest BCUT2D eigenvalue weighted by Crippen LogP contribution is -2.43. The average molecular weight is 319 g/mol. The molecule has 1 saturated heterocycles. The van der Waals surface area contributed by atoms with Gasteiger partial charge in [-0.2, -0.15) is 0 Å². The number of carbonyl (C=O) groups is 1. The fourth-order valence-electron chi connectivity index (χ4n) is 2.10. The van der Waals surface area contributed by atoms with Crippen molar-refractivity contribution >= 4 is 29.7 Å². The molecule has 0 aromatic carbocycles. The van der Waals surface area contributed by atoms with E-state index >= 15 is 0 Å². The summed E-state index contributed by atoms with van der Waals surface area (Å²) in [6, 6.07) is 4.16. The van der Waals surface area contributed by atoms with Crippen molar-refractivity contribution in [2.75, 3.05) is 26.2 Å². The minimum absolute atomic E-state index is 0. The van der Waals surface area contributed by atoms with Crippen molar-refractivity contribution in [3.63, 3.8) is 0 Å². The second-order valence-electron chi connectivity index (χ2n) is 5.54. The number of carbonyl (C=O) groups excluding carboxylic acids is 1.